The van der Waals surface area contributed by atoms with Crippen LogP contribution in [-0.2, 0) is 0 Å². The lowest BCUT2D eigenvalue weighted by Crippen LogP contribution is -2.10. The highest BCUT2D eigenvalue weighted by molar-refractivity contribution is 7.26. The molecule has 0 aliphatic heterocycles. The van der Waals surface area contributed by atoms with Gasteiger partial charge in [-0.2, -0.15) is 0 Å². The summed E-state index contributed by atoms with van der Waals surface area (Å²) >= 11 is 1.86. The van der Waals surface area contributed by atoms with Gasteiger partial charge in [0.2, 0.25) is 0 Å². The van der Waals surface area contributed by atoms with Gasteiger partial charge in [-0.15, -0.1) is 11.3 Å². The van der Waals surface area contributed by atoms with Gasteiger partial charge in [-0.3, -0.25) is 0 Å². The standard InChI is InChI=1S/C52H33FN2S/c53-39-22-31-50-48(33-39)45-10-3-5-14-49(45)55(50)43-29-27-42(28-30-43)54(40-23-18-35(19-24-40)38-17-16-34-8-1-2-9-37(34)32-38)41-25-20-36(21-26-41)44-12-7-13-47-46-11-4-6-15-51(46)56-52(44)47/h1-33H. The minimum absolute atomic E-state index is 0.232. The molecule has 0 aliphatic carbocycles. The minimum atomic E-state index is -0.232. The molecular formula is C52H33FN2S. The van der Waals surface area contributed by atoms with Gasteiger partial charge >= 0.3 is 0 Å². The average Bonchev–Trinajstić information content (AvgIpc) is 3.80. The van der Waals surface area contributed by atoms with Crippen molar-refractivity contribution in [1.29, 1.82) is 0 Å². The Labute approximate surface area is 327 Å². The van der Waals surface area contributed by atoms with Gasteiger partial charge in [0.15, 0.2) is 0 Å². The van der Waals surface area contributed by atoms with E-state index in [1.165, 1.54) is 53.2 Å². The molecule has 0 saturated heterocycles. The van der Waals surface area contributed by atoms with Gasteiger partial charge < -0.3 is 9.47 Å². The highest BCUT2D eigenvalue weighted by Gasteiger charge is 2.17. The fraction of sp³-hybridized carbons (Fsp3) is 0. The van der Waals surface area contributed by atoms with E-state index in [1.807, 2.05) is 29.5 Å². The number of nitrogens with zero attached hydrogens (tertiary/aromatic N) is 2. The topological polar surface area (TPSA) is 8.17 Å². The SMILES string of the molecule is Fc1ccc2c(c1)c1ccccc1n2-c1ccc(N(c2ccc(-c3ccc4ccccc4c3)cc2)c2ccc(-c3cccc4c3sc3ccccc34)cc2)cc1. The summed E-state index contributed by atoms with van der Waals surface area (Å²) in [5.41, 5.74) is 11.0. The van der Waals surface area contributed by atoms with E-state index in [-0.39, 0.29) is 5.82 Å². The molecule has 0 spiro atoms. The number of aromatic nitrogens is 1. The number of thiophene rings is 1. The van der Waals surface area contributed by atoms with Crippen LogP contribution < -0.4 is 4.90 Å². The predicted molar refractivity (Wildman–Crippen MR) is 237 cm³/mol. The quantitative estimate of drug-likeness (QED) is 0.165. The van der Waals surface area contributed by atoms with Gasteiger partial charge in [-0.1, -0.05) is 115 Å². The molecule has 264 valence electrons. The zero-order chi connectivity index (χ0) is 37.2. The third-order valence-corrected chi connectivity index (χ3v) is 12.3. The van der Waals surface area contributed by atoms with E-state index in [9.17, 15) is 4.39 Å². The summed E-state index contributed by atoms with van der Waals surface area (Å²) in [4.78, 5) is 2.32. The molecule has 2 aromatic heterocycles. The maximum absolute atomic E-state index is 14.4. The molecule has 0 aliphatic rings. The zero-order valence-electron chi connectivity index (χ0n) is 30.2. The van der Waals surface area contributed by atoms with Crippen LogP contribution in [0.15, 0.2) is 200 Å². The first-order chi connectivity index (χ1) is 27.7. The molecule has 0 amide bonds. The smallest absolute Gasteiger partial charge is 0.123 e. The lowest BCUT2D eigenvalue weighted by Gasteiger charge is -2.26. The monoisotopic (exact) mass is 736 g/mol. The molecule has 56 heavy (non-hydrogen) atoms. The number of halogens is 1. The van der Waals surface area contributed by atoms with Crippen molar-refractivity contribution in [2.75, 3.05) is 4.90 Å². The molecule has 11 aromatic rings. The van der Waals surface area contributed by atoms with Gasteiger partial charge in [0.25, 0.3) is 0 Å². The van der Waals surface area contributed by atoms with E-state index in [0.717, 1.165) is 44.6 Å². The van der Waals surface area contributed by atoms with Crippen LogP contribution in [0.5, 0.6) is 0 Å². The van der Waals surface area contributed by atoms with E-state index in [0.29, 0.717) is 0 Å². The van der Waals surface area contributed by atoms with Gasteiger partial charge in [0.05, 0.1) is 11.0 Å². The number of hydrogen-bond acceptors (Lipinski definition) is 2. The molecule has 0 radical (unpaired) electrons. The van der Waals surface area contributed by atoms with Crippen LogP contribution in [0.2, 0.25) is 0 Å². The van der Waals surface area contributed by atoms with Crippen LogP contribution >= 0.6 is 11.3 Å². The van der Waals surface area contributed by atoms with E-state index in [1.54, 1.807) is 12.1 Å². The first kappa shape index (κ1) is 32.4. The predicted octanol–water partition coefficient (Wildman–Crippen LogP) is 15.2. The molecule has 11 rings (SSSR count). The third-order valence-electron chi connectivity index (χ3n) is 11.0. The van der Waals surface area contributed by atoms with Crippen LogP contribution in [0.25, 0.3) is 80.7 Å². The Bertz CT molecular complexity index is 3250. The molecular weight excluding hydrogens is 704 g/mol. The lowest BCUT2D eigenvalue weighted by atomic mass is 10.0. The summed E-state index contributed by atoms with van der Waals surface area (Å²) in [6.45, 7) is 0. The second-order valence-corrected chi connectivity index (χ2v) is 15.4. The second kappa shape index (κ2) is 13.1. The number of benzene rings is 9. The highest BCUT2D eigenvalue weighted by atomic mass is 32.1. The Morgan fingerprint density at radius 1 is 0.411 bits per heavy atom. The Balaban J connectivity index is 1.01. The summed E-state index contributed by atoms with van der Waals surface area (Å²) in [6.07, 6.45) is 0. The molecule has 2 nitrogen and oxygen atoms in total. The fourth-order valence-corrected chi connectivity index (χ4v) is 9.60. The summed E-state index contributed by atoms with van der Waals surface area (Å²) in [5.74, 6) is -0.232. The molecule has 2 heterocycles. The first-order valence-corrected chi connectivity index (χ1v) is 19.7. The van der Waals surface area contributed by atoms with Gasteiger partial charge in [0, 0.05) is 53.7 Å². The van der Waals surface area contributed by atoms with E-state index < -0.39 is 0 Å². The molecule has 0 atom stereocenters. The summed E-state index contributed by atoms with van der Waals surface area (Å²) < 4.78 is 19.3. The van der Waals surface area contributed by atoms with Gasteiger partial charge in [0.1, 0.15) is 5.82 Å². The van der Waals surface area contributed by atoms with E-state index >= 15 is 0 Å². The van der Waals surface area contributed by atoms with Crippen molar-refractivity contribution < 1.29 is 4.39 Å². The van der Waals surface area contributed by atoms with Crippen molar-refractivity contribution in [2.24, 2.45) is 0 Å². The molecule has 9 aromatic carbocycles. The summed E-state index contributed by atoms with van der Waals surface area (Å²) in [6, 6.07) is 70.2. The van der Waals surface area contributed by atoms with Crippen molar-refractivity contribution >= 4 is 81.1 Å². The Morgan fingerprint density at radius 2 is 1.02 bits per heavy atom. The normalized spacial score (nSPS) is 11.7. The number of para-hydroxylation sites is 1. The minimum Gasteiger partial charge on any atom is -0.311 e. The van der Waals surface area contributed by atoms with Crippen LogP contribution in [0, 0.1) is 5.82 Å². The lowest BCUT2D eigenvalue weighted by molar-refractivity contribution is 0.629. The molecule has 0 bridgehead atoms. The van der Waals surface area contributed by atoms with Gasteiger partial charge in [-0.25, -0.2) is 4.39 Å². The van der Waals surface area contributed by atoms with E-state index in [2.05, 4.69) is 179 Å². The fourth-order valence-electron chi connectivity index (χ4n) is 8.36. The van der Waals surface area contributed by atoms with Crippen molar-refractivity contribution in [1.82, 2.24) is 4.57 Å². The maximum atomic E-state index is 14.4. The molecule has 4 heteroatoms. The molecule has 0 saturated carbocycles. The molecule has 0 N–H and O–H groups in total. The van der Waals surface area contributed by atoms with Crippen LogP contribution in [0.3, 0.4) is 0 Å². The van der Waals surface area contributed by atoms with Crippen LogP contribution in [0.4, 0.5) is 21.5 Å². The van der Waals surface area contributed by atoms with E-state index in [4.69, 9.17) is 0 Å². The Hall–Kier alpha value is -7.01. The Morgan fingerprint density at radius 3 is 1.80 bits per heavy atom. The number of rotatable bonds is 6. The first-order valence-electron chi connectivity index (χ1n) is 18.9. The number of anilines is 3. The summed E-state index contributed by atoms with van der Waals surface area (Å²) in [7, 11) is 0. The average molecular weight is 737 g/mol. The van der Waals surface area contributed by atoms with Crippen LogP contribution in [0.1, 0.15) is 0 Å². The third kappa shape index (κ3) is 5.37. The van der Waals surface area contributed by atoms with Crippen molar-refractivity contribution in [3.63, 3.8) is 0 Å². The van der Waals surface area contributed by atoms with Crippen LogP contribution in [-0.4, -0.2) is 4.57 Å². The highest BCUT2D eigenvalue weighted by Crippen LogP contribution is 2.42. The van der Waals surface area contributed by atoms with Crippen molar-refractivity contribution in [3.8, 4) is 27.9 Å². The molecule has 0 fully saturated rings. The number of hydrogen-bond donors (Lipinski definition) is 0. The van der Waals surface area contributed by atoms with Crippen molar-refractivity contribution in [3.05, 3.63) is 206 Å². The Kier molecular flexibility index (Phi) is 7.58. The zero-order valence-corrected chi connectivity index (χ0v) is 31.0. The summed E-state index contributed by atoms with van der Waals surface area (Å²) in [5, 5.41) is 7.02. The number of fused-ring (bicyclic) bond motifs is 7. The maximum Gasteiger partial charge on any atom is 0.123 e. The molecule has 0 unspecified atom stereocenters. The second-order valence-electron chi connectivity index (χ2n) is 14.3. The largest absolute Gasteiger partial charge is 0.311 e. The van der Waals surface area contributed by atoms with Gasteiger partial charge in [-0.05, 0) is 118 Å². The van der Waals surface area contributed by atoms with Crippen molar-refractivity contribution in [2.45, 2.75) is 0 Å².